The molecule has 198 valence electrons. The van der Waals surface area contributed by atoms with Crippen LogP contribution in [0.25, 0.3) is 0 Å². The number of methoxy groups -OCH3 is 1. The van der Waals surface area contributed by atoms with E-state index in [1.165, 1.54) is 12.3 Å². The molecular weight excluding hydrogens is 627 g/mol. The van der Waals surface area contributed by atoms with Gasteiger partial charge in [-0.15, -0.1) is 0 Å². The van der Waals surface area contributed by atoms with Gasteiger partial charge in [0.15, 0.2) is 18.1 Å². The minimum Gasteiger partial charge on any atom is -0.497 e. The van der Waals surface area contributed by atoms with E-state index in [1.54, 1.807) is 61.7 Å². The number of carbonyl (C=O) groups is 3. The Labute approximate surface area is 237 Å². The first-order valence-electron chi connectivity index (χ1n) is 11.2. The van der Waals surface area contributed by atoms with E-state index in [2.05, 4.69) is 21.2 Å². The molecule has 12 heteroatoms. The molecule has 0 heterocycles. The molecule has 3 rings (SSSR count). The van der Waals surface area contributed by atoms with Crippen molar-refractivity contribution >= 4 is 69.5 Å². The number of amides is 3. The molecule has 0 fully saturated rings. The summed E-state index contributed by atoms with van der Waals surface area (Å²) in [6.07, 6.45) is 1.36. The molecule has 0 aliphatic heterocycles. The van der Waals surface area contributed by atoms with Crippen LogP contribution in [0.4, 0.5) is 11.4 Å². The second-order valence-electron chi connectivity index (χ2n) is 7.49. The summed E-state index contributed by atoms with van der Waals surface area (Å²) in [5.41, 5.74) is 3.73. The highest BCUT2D eigenvalue weighted by molar-refractivity contribution is 14.1. The van der Waals surface area contributed by atoms with Crippen molar-refractivity contribution in [3.05, 3.63) is 74.8 Å². The van der Waals surface area contributed by atoms with Gasteiger partial charge in [-0.1, -0.05) is 17.7 Å². The van der Waals surface area contributed by atoms with Crippen LogP contribution < -0.4 is 30.3 Å². The molecule has 0 bridgehead atoms. The van der Waals surface area contributed by atoms with Crippen LogP contribution in [0, 0.1) is 3.57 Å². The number of nitrogens with one attached hydrogen (secondary N) is 3. The lowest BCUT2D eigenvalue weighted by molar-refractivity contribution is -0.136. The maximum absolute atomic E-state index is 12.4. The maximum atomic E-state index is 12.4. The fourth-order valence-corrected chi connectivity index (χ4v) is 4.02. The Bertz CT molecular complexity index is 1330. The SMILES string of the molecule is CCOc1cc(/C=N\NC(=O)C(=O)Nc2cccc(Cl)c2)cc(I)c1OCC(=O)Nc1ccc(OC)cc1. The molecular formula is C26H24ClIN4O6. The van der Waals surface area contributed by atoms with Crippen molar-refractivity contribution in [3.8, 4) is 17.2 Å². The van der Waals surface area contributed by atoms with Crippen molar-refractivity contribution in [2.75, 3.05) is 31.0 Å². The molecule has 0 saturated heterocycles. The number of hydrazone groups is 1. The van der Waals surface area contributed by atoms with E-state index < -0.39 is 11.8 Å². The molecule has 0 saturated carbocycles. The quantitative estimate of drug-likeness (QED) is 0.129. The third-order valence-corrected chi connectivity index (χ3v) is 5.76. The number of rotatable bonds is 10. The van der Waals surface area contributed by atoms with E-state index in [-0.39, 0.29) is 12.5 Å². The number of halogens is 2. The summed E-state index contributed by atoms with van der Waals surface area (Å²) < 4.78 is 17.2. The van der Waals surface area contributed by atoms with Gasteiger partial charge in [0.1, 0.15) is 5.75 Å². The number of nitrogens with zero attached hydrogens (tertiary/aromatic N) is 1. The second-order valence-corrected chi connectivity index (χ2v) is 9.09. The van der Waals surface area contributed by atoms with Gasteiger partial charge >= 0.3 is 11.8 Å². The van der Waals surface area contributed by atoms with Crippen LogP contribution in [0.5, 0.6) is 17.2 Å². The molecule has 0 aromatic heterocycles. The minimum absolute atomic E-state index is 0.243. The first-order chi connectivity index (χ1) is 18.3. The number of hydrogen-bond donors (Lipinski definition) is 3. The summed E-state index contributed by atoms with van der Waals surface area (Å²) in [6.45, 7) is 1.92. The molecule has 0 aliphatic carbocycles. The highest BCUT2D eigenvalue weighted by Crippen LogP contribution is 2.34. The van der Waals surface area contributed by atoms with Crippen molar-refractivity contribution in [2.45, 2.75) is 6.92 Å². The Morgan fingerprint density at radius 3 is 2.42 bits per heavy atom. The monoisotopic (exact) mass is 650 g/mol. The van der Waals surface area contributed by atoms with E-state index in [0.717, 1.165) is 0 Å². The summed E-state index contributed by atoms with van der Waals surface area (Å²) in [7, 11) is 1.56. The van der Waals surface area contributed by atoms with E-state index in [9.17, 15) is 14.4 Å². The van der Waals surface area contributed by atoms with Gasteiger partial charge in [0.2, 0.25) is 0 Å². The van der Waals surface area contributed by atoms with Crippen LogP contribution in [-0.2, 0) is 14.4 Å². The fourth-order valence-electron chi connectivity index (χ4n) is 3.04. The number of ether oxygens (including phenoxy) is 3. The smallest absolute Gasteiger partial charge is 0.329 e. The number of hydrogen-bond acceptors (Lipinski definition) is 7. The maximum Gasteiger partial charge on any atom is 0.329 e. The lowest BCUT2D eigenvalue weighted by atomic mass is 10.2. The van der Waals surface area contributed by atoms with Crippen LogP contribution in [0.2, 0.25) is 5.02 Å². The van der Waals surface area contributed by atoms with E-state index >= 15 is 0 Å². The number of anilines is 2. The first-order valence-corrected chi connectivity index (χ1v) is 12.7. The molecule has 0 aliphatic rings. The normalized spacial score (nSPS) is 10.5. The van der Waals surface area contributed by atoms with Crippen LogP contribution in [0.15, 0.2) is 65.8 Å². The Balaban J connectivity index is 1.60. The van der Waals surface area contributed by atoms with Gasteiger partial charge in [-0.2, -0.15) is 5.10 Å². The standard InChI is InChI=1S/C26H24ClIN4O6/c1-3-37-22-12-16(14-29-32-26(35)25(34)31-19-6-4-5-17(27)13-19)11-21(28)24(22)38-15-23(33)30-18-7-9-20(36-2)10-8-18/h4-14H,3,15H2,1-2H3,(H,30,33)(H,31,34)(H,32,35)/b29-14-. The average molecular weight is 651 g/mol. The van der Waals surface area contributed by atoms with Gasteiger partial charge in [-0.05, 0) is 89.7 Å². The predicted molar refractivity (Wildman–Crippen MR) is 153 cm³/mol. The number of carbonyl (C=O) groups excluding carboxylic acids is 3. The van der Waals surface area contributed by atoms with Crippen LogP contribution in [-0.4, -0.2) is 44.3 Å². The second kappa shape index (κ2) is 14.2. The summed E-state index contributed by atoms with van der Waals surface area (Å²) in [6, 6.07) is 16.7. The minimum atomic E-state index is -0.955. The van der Waals surface area contributed by atoms with Gasteiger partial charge in [0.25, 0.3) is 5.91 Å². The molecule has 0 unspecified atom stereocenters. The molecule has 0 atom stereocenters. The van der Waals surface area contributed by atoms with Crippen molar-refractivity contribution in [2.24, 2.45) is 5.10 Å². The summed E-state index contributed by atoms with van der Waals surface area (Å²) in [5.74, 6) is -0.742. The van der Waals surface area contributed by atoms with Crippen molar-refractivity contribution in [1.82, 2.24) is 5.43 Å². The molecule has 38 heavy (non-hydrogen) atoms. The summed E-state index contributed by atoms with van der Waals surface area (Å²) in [4.78, 5) is 36.5. The van der Waals surface area contributed by atoms with E-state index in [1.807, 2.05) is 29.5 Å². The zero-order valence-electron chi connectivity index (χ0n) is 20.4. The van der Waals surface area contributed by atoms with Crippen molar-refractivity contribution in [1.29, 1.82) is 0 Å². The average Bonchev–Trinajstić information content (AvgIpc) is 2.88. The van der Waals surface area contributed by atoms with E-state index in [4.69, 9.17) is 25.8 Å². The third kappa shape index (κ3) is 8.63. The molecule has 3 aromatic carbocycles. The Morgan fingerprint density at radius 1 is 0.974 bits per heavy atom. The summed E-state index contributed by atoms with van der Waals surface area (Å²) in [5, 5.41) is 9.45. The lowest BCUT2D eigenvalue weighted by Crippen LogP contribution is -2.32. The van der Waals surface area contributed by atoms with Crippen LogP contribution in [0.3, 0.4) is 0 Å². The van der Waals surface area contributed by atoms with E-state index in [0.29, 0.717) is 49.4 Å². The Morgan fingerprint density at radius 2 is 1.74 bits per heavy atom. The highest BCUT2D eigenvalue weighted by Gasteiger charge is 2.15. The van der Waals surface area contributed by atoms with Gasteiger partial charge in [-0.3, -0.25) is 14.4 Å². The largest absolute Gasteiger partial charge is 0.497 e. The molecule has 3 aromatic rings. The van der Waals surface area contributed by atoms with Crippen molar-refractivity contribution in [3.63, 3.8) is 0 Å². The highest BCUT2D eigenvalue weighted by atomic mass is 127. The van der Waals surface area contributed by atoms with Gasteiger partial charge in [-0.25, -0.2) is 5.43 Å². The molecule has 0 radical (unpaired) electrons. The molecule has 3 N–H and O–H groups in total. The lowest BCUT2D eigenvalue weighted by Gasteiger charge is -2.14. The number of benzene rings is 3. The molecule has 0 spiro atoms. The van der Waals surface area contributed by atoms with Gasteiger partial charge in [0, 0.05) is 16.4 Å². The summed E-state index contributed by atoms with van der Waals surface area (Å²) >= 11 is 7.92. The zero-order chi connectivity index (χ0) is 27.5. The fraction of sp³-hybridized carbons (Fsp3) is 0.154. The predicted octanol–water partition coefficient (Wildman–Crippen LogP) is 4.46. The first kappa shape index (κ1) is 28.7. The van der Waals surface area contributed by atoms with Crippen LogP contribution >= 0.6 is 34.2 Å². The third-order valence-electron chi connectivity index (χ3n) is 4.72. The Hall–Kier alpha value is -3.84. The zero-order valence-corrected chi connectivity index (χ0v) is 23.3. The van der Waals surface area contributed by atoms with Gasteiger partial charge < -0.3 is 24.8 Å². The van der Waals surface area contributed by atoms with Gasteiger partial charge in [0.05, 0.1) is 23.5 Å². The van der Waals surface area contributed by atoms with Crippen LogP contribution in [0.1, 0.15) is 12.5 Å². The molecule has 10 nitrogen and oxygen atoms in total. The molecule has 3 amide bonds. The van der Waals surface area contributed by atoms with Crippen molar-refractivity contribution < 1.29 is 28.6 Å². The Kier molecular flexibility index (Phi) is 10.7. The topological polar surface area (TPSA) is 127 Å².